The summed E-state index contributed by atoms with van der Waals surface area (Å²) >= 11 is 2.39. The first-order valence-electron chi connectivity index (χ1n) is 3.68. The van der Waals surface area contributed by atoms with Crippen molar-refractivity contribution in [3.05, 3.63) is 0 Å². The maximum absolute atomic E-state index is 11.0. The molecule has 0 spiro atoms. The second-order valence-electron chi connectivity index (χ2n) is 3.70. The summed E-state index contributed by atoms with van der Waals surface area (Å²) in [6.45, 7) is 4.49. The lowest BCUT2D eigenvalue weighted by atomic mass is 9.77. The molecule has 0 radical (unpaired) electrons. The summed E-state index contributed by atoms with van der Waals surface area (Å²) < 4.78 is 0.548. The van der Waals surface area contributed by atoms with Gasteiger partial charge in [-0.3, -0.25) is 4.79 Å². The molecule has 1 aliphatic rings. The molecule has 0 aromatic heterocycles. The Kier molecular flexibility index (Phi) is 2.38. The highest BCUT2D eigenvalue weighted by molar-refractivity contribution is 14.1. The van der Waals surface area contributed by atoms with Crippen LogP contribution in [-0.2, 0) is 4.79 Å². The summed E-state index contributed by atoms with van der Waals surface area (Å²) in [6, 6.07) is 0. The maximum Gasteiger partial charge on any atom is 0.133 e. The average Bonchev–Trinajstić information content (AvgIpc) is 1.81. The van der Waals surface area contributed by atoms with Gasteiger partial charge in [-0.25, -0.2) is 0 Å². The lowest BCUT2D eigenvalue weighted by molar-refractivity contribution is -0.121. The zero-order chi connectivity index (χ0) is 7.78. The maximum atomic E-state index is 11.0. The second-order valence-corrected chi connectivity index (χ2v) is 5.20. The van der Waals surface area contributed by atoms with E-state index in [9.17, 15) is 4.79 Å². The van der Waals surface area contributed by atoms with Crippen molar-refractivity contribution < 1.29 is 4.79 Å². The average molecular weight is 252 g/mol. The van der Waals surface area contributed by atoms with Crippen LogP contribution in [0.3, 0.4) is 0 Å². The van der Waals surface area contributed by atoms with Gasteiger partial charge in [-0.05, 0) is 11.8 Å². The largest absolute Gasteiger partial charge is 0.300 e. The van der Waals surface area contributed by atoms with Crippen molar-refractivity contribution in [1.29, 1.82) is 0 Å². The standard InChI is InChI=1S/C8H13IO/c1-8(2)4-3-6(10)5-7(8)9/h7H,3-5H2,1-2H3. The Morgan fingerprint density at radius 1 is 1.60 bits per heavy atom. The Bertz CT molecular complexity index is 151. The van der Waals surface area contributed by atoms with E-state index < -0.39 is 0 Å². The molecule has 0 bridgehead atoms. The highest BCUT2D eigenvalue weighted by atomic mass is 127. The van der Waals surface area contributed by atoms with Crippen LogP contribution in [0.4, 0.5) is 0 Å². The molecule has 0 N–H and O–H groups in total. The Morgan fingerprint density at radius 2 is 2.20 bits per heavy atom. The molecule has 1 fully saturated rings. The molecule has 58 valence electrons. The highest BCUT2D eigenvalue weighted by Gasteiger charge is 2.33. The minimum atomic E-state index is 0.383. The highest BCUT2D eigenvalue weighted by Crippen LogP contribution is 2.38. The van der Waals surface area contributed by atoms with Crippen LogP contribution in [0.5, 0.6) is 0 Å². The Hall–Kier alpha value is 0.400. The molecule has 0 aromatic carbocycles. The summed E-state index contributed by atoms with van der Waals surface area (Å²) in [4.78, 5) is 11.0. The van der Waals surface area contributed by atoms with E-state index in [1.54, 1.807) is 0 Å². The minimum Gasteiger partial charge on any atom is -0.300 e. The van der Waals surface area contributed by atoms with Crippen LogP contribution in [0.15, 0.2) is 0 Å². The quantitative estimate of drug-likeness (QED) is 0.478. The predicted molar refractivity (Wildman–Crippen MR) is 50.4 cm³/mol. The van der Waals surface area contributed by atoms with Crippen LogP contribution in [0.25, 0.3) is 0 Å². The van der Waals surface area contributed by atoms with Crippen molar-refractivity contribution in [3.63, 3.8) is 0 Å². The van der Waals surface area contributed by atoms with E-state index in [-0.39, 0.29) is 0 Å². The van der Waals surface area contributed by atoms with Gasteiger partial charge in [0.2, 0.25) is 0 Å². The summed E-state index contributed by atoms with van der Waals surface area (Å²) in [5.74, 6) is 0.443. The molecule has 1 rings (SSSR count). The SMILES string of the molecule is CC1(C)CCC(=O)CC1I. The number of rotatable bonds is 0. The summed E-state index contributed by atoms with van der Waals surface area (Å²) in [5.41, 5.74) is 0.383. The molecule has 0 aliphatic heterocycles. The fraction of sp³-hybridized carbons (Fsp3) is 0.875. The van der Waals surface area contributed by atoms with Gasteiger partial charge in [0.05, 0.1) is 0 Å². The van der Waals surface area contributed by atoms with Crippen LogP contribution in [0.1, 0.15) is 33.1 Å². The van der Waals surface area contributed by atoms with E-state index in [1.807, 2.05) is 0 Å². The van der Waals surface area contributed by atoms with E-state index in [0.717, 1.165) is 19.3 Å². The van der Waals surface area contributed by atoms with E-state index in [4.69, 9.17) is 0 Å². The van der Waals surface area contributed by atoms with Gasteiger partial charge in [0.25, 0.3) is 0 Å². The molecule has 10 heavy (non-hydrogen) atoms. The molecule has 0 heterocycles. The molecule has 2 heteroatoms. The van der Waals surface area contributed by atoms with Gasteiger partial charge in [-0.15, -0.1) is 0 Å². The first kappa shape index (κ1) is 8.50. The molecular formula is C8H13IO. The molecule has 1 unspecified atom stereocenters. The van der Waals surface area contributed by atoms with Crippen LogP contribution >= 0.6 is 22.6 Å². The third kappa shape index (κ3) is 1.71. The number of halogens is 1. The minimum absolute atomic E-state index is 0.383. The van der Waals surface area contributed by atoms with Crippen LogP contribution in [-0.4, -0.2) is 9.71 Å². The van der Waals surface area contributed by atoms with Gasteiger partial charge in [0.15, 0.2) is 0 Å². The van der Waals surface area contributed by atoms with E-state index >= 15 is 0 Å². The Balaban J connectivity index is 2.60. The van der Waals surface area contributed by atoms with Gasteiger partial charge >= 0.3 is 0 Å². The zero-order valence-electron chi connectivity index (χ0n) is 6.48. The third-order valence-corrected chi connectivity index (χ3v) is 4.43. The summed E-state index contributed by atoms with van der Waals surface area (Å²) in [7, 11) is 0. The number of hydrogen-bond acceptors (Lipinski definition) is 1. The summed E-state index contributed by atoms with van der Waals surface area (Å²) in [5, 5.41) is 0. The summed E-state index contributed by atoms with van der Waals surface area (Å²) in [6.07, 6.45) is 2.65. The fourth-order valence-electron chi connectivity index (χ4n) is 1.20. The number of carbonyl (C=O) groups excluding carboxylic acids is 1. The van der Waals surface area contributed by atoms with Gasteiger partial charge in [-0.1, -0.05) is 36.4 Å². The van der Waals surface area contributed by atoms with Crippen LogP contribution in [0.2, 0.25) is 0 Å². The van der Waals surface area contributed by atoms with E-state index in [0.29, 0.717) is 15.1 Å². The number of carbonyl (C=O) groups is 1. The number of alkyl halides is 1. The lowest BCUT2D eigenvalue weighted by Gasteiger charge is -2.33. The Morgan fingerprint density at radius 3 is 2.60 bits per heavy atom. The monoisotopic (exact) mass is 252 g/mol. The predicted octanol–water partition coefficient (Wildman–Crippen LogP) is 2.57. The molecule has 0 aromatic rings. The Labute approximate surface area is 75.7 Å². The van der Waals surface area contributed by atoms with Crippen molar-refractivity contribution in [1.82, 2.24) is 0 Å². The molecular weight excluding hydrogens is 239 g/mol. The van der Waals surface area contributed by atoms with E-state index in [1.165, 1.54) is 0 Å². The van der Waals surface area contributed by atoms with Gasteiger partial charge in [0, 0.05) is 16.8 Å². The molecule has 0 saturated heterocycles. The van der Waals surface area contributed by atoms with Crippen molar-refractivity contribution in [2.45, 2.75) is 37.0 Å². The number of Topliss-reactive ketones (excluding diaryl/α,β-unsaturated/α-hetero) is 1. The topological polar surface area (TPSA) is 17.1 Å². The van der Waals surface area contributed by atoms with Crippen LogP contribution in [0, 0.1) is 5.41 Å². The van der Waals surface area contributed by atoms with Crippen molar-refractivity contribution in [2.24, 2.45) is 5.41 Å². The van der Waals surface area contributed by atoms with Gasteiger partial charge < -0.3 is 0 Å². The first-order valence-corrected chi connectivity index (χ1v) is 4.93. The zero-order valence-corrected chi connectivity index (χ0v) is 8.64. The van der Waals surface area contributed by atoms with Gasteiger partial charge in [-0.2, -0.15) is 0 Å². The van der Waals surface area contributed by atoms with Crippen molar-refractivity contribution >= 4 is 28.4 Å². The third-order valence-electron chi connectivity index (χ3n) is 2.30. The van der Waals surface area contributed by atoms with Gasteiger partial charge in [0.1, 0.15) is 5.78 Å². The normalized spacial score (nSPS) is 32.3. The van der Waals surface area contributed by atoms with Crippen molar-refractivity contribution in [3.8, 4) is 0 Å². The number of hydrogen-bond donors (Lipinski definition) is 0. The van der Waals surface area contributed by atoms with Crippen molar-refractivity contribution in [2.75, 3.05) is 0 Å². The first-order chi connectivity index (χ1) is 4.52. The van der Waals surface area contributed by atoms with Crippen LogP contribution < -0.4 is 0 Å². The fourth-order valence-corrected chi connectivity index (χ4v) is 2.00. The van der Waals surface area contributed by atoms with E-state index in [2.05, 4.69) is 36.4 Å². The molecule has 1 nitrogen and oxygen atoms in total. The molecule has 1 saturated carbocycles. The lowest BCUT2D eigenvalue weighted by Crippen LogP contribution is -2.32. The number of ketones is 1. The second kappa shape index (κ2) is 2.80. The smallest absolute Gasteiger partial charge is 0.133 e. The molecule has 1 aliphatic carbocycles. The molecule has 0 amide bonds. The molecule has 1 atom stereocenters.